The fourth-order valence-corrected chi connectivity index (χ4v) is 2.73. The summed E-state index contributed by atoms with van der Waals surface area (Å²) < 4.78 is 6.07. The van der Waals surface area contributed by atoms with Crippen molar-refractivity contribution in [2.75, 3.05) is 19.6 Å². The molecule has 1 N–H and O–H groups in total. The highest BCUT2D eigenvalue weighted by molar-refractivity contribution is 5.72. The van der Waals surface area contributed by atoms with Gasteiger partial charge in [-0.15, -0.1) is 6.58 Å². The van der Waals surface area contributed by atoms with Crippen LogP contribution in [0.2, 0.25) is 0 Å². The monoisotopic (exact) mass is 317 g/mol. The van der Waals surface area contributed by atoms with Gasteiger partial charge in [-0.1, -0.05) is 12.1 Å². The normalized spacial score (nSPS) is 16.0. The molecule has 2 heterocycles. The minimum absolute atomic E-state index is 0.0413. The van der Waals surface area contributed by atoms with Crippen molar-refractivity contribution in [1.29, 1.82) is 0 Å². The number of carbonyl (C=O) groups is 1. The predicted octanol–water partition coefficient (Wildman–Crippen LogP) is 2.53. The van der Waals surface area contributed by atoms with Gasteiger partial charge in [0.2, 0.25) is 11.8 Å². The van der Waals surface area contributed by atoms with E-state index in [4.69, 9.17) is 4.74 Å². The average molecular weight is 317 g/mol. The fraction of sp³-hybridized carbons (Fsp3) is 0.556. The molecular weight excluding hydrogens is 290 g/mol. The van der Waals surface area contributed by atoms with Crippen molar-refractivity contribution >= 4 is 5.91 Å². The largest absolute Gasteiger partial charge is 0.473 e. The number of hydrogen-bond acceptors (Lipinski definition) is 4. The zero-order valence-electron chi connectivity index (χ0n) is 14.0. The van der Waals surface area contributed by atoms with E-state index in [2.05, 4.69) is 21.8 Å². The third-order valence-corrected chi connectivity index (χ3v) is 3.98. The molecule has 0 aromatic carbocycles. The van der Waals surface area contributed by atoms with Gasteiger partial charge in [-0.05, 0) is 44.3 Å². The van der Waals surface area contributed by atoms with E-state index in [-0.39, 0.29) is 12.0 Å². The van der Waals surface area contributed by atoms with E-state index in [9.17, 15) is 4.79 Å². The van der Waals surface area contributed by atoms with Crippen molar-refractivity contribution in [2.24, 2.45) is 0 Å². The van der Waals surface area contributed by atoms with E-state index in [0.29, 0.717) is 12.4 Å². The minimum Gasteiger partial charge on any atom is -0.473 e. The lowest BCUT2D eigenvalue weighted by Crippen LogP contribution is -2.34. The van der Waals surface area contributed by atoms with Crippen molar-refractivity contribution in [3.8, 4) is 5.88 Å². The van der Waals surface area contributed by atoms with Crippen molar-refractivity contribution < 1.29 is 9.53 Å². The number of allylic oxidation sites excluding steroid dienone is 1. The van der Waals surface area contributed by atoms with E-state index in [1.54, 1.807) is 6.20 Å². The highest BCUT2D eigenvalue weighted by Crippen LogP contribution is 2.16. The standard InChI is InChI=1S/C18H27N3O2/c1-3-4-7-17(14-21-10-5-6-11-21)23-18-9-8-16(13-20-18)12-19-15(2)22/h3,8-9,13,17H,1,4-7,10-12,14H2,2H3,(H,19,22)/t17-/m1/s1. The van der Waals surface area contributed by atoms with Crippen LogP contribution in [0.5, 0.6) is 5.88 Å². The second kappa shape index (κ2) is 9.30. The number of ether oxygens (including phenoxy) is 1. The van der Waals surface area contributed by atoms with Crippen LogP contribution in [0.25, 0.3) is 0 Å². The maximum Gasteiger partial charge on any atom is 0.217 e. The third kappa shape index (κ3) is 6.40. The Morgan fingerprint density at radius 2 is 2.26 bits per heavy atom. The Bertz CT molecular complexity index is 495. The molecule has 0 aliphatic carbocycles. The van der Waals surface area contributed by atoms with Crippen LogP contribution in [-0.4, -0.2) is 41.5 Å². The Morgan fingerprint density at radius 3 is 2.87 bits per heavy atom. The highest BCUT2D eigenvalue weighted by Gasteiger charge is 2.18. The first-order chi connectivity index (χ1) is 11.2. The highest BCUT2D eigenvalue weighted by atomic mass is 16.5. The summed E-state index contributed by atoms with van der Waals surface area (Å²) in [5.74, 6) is 0.602. The van der Waals surface area contributed by atoms with Crippen LogP contribution in [0.15, 0.2) is 31.0 Å². The molecule has 2 rings (SSSR count). The van der Waals surface area contributed by atoms with Gasteiger partial charge in [0.15, 0.2) is 0 Å². The Morgan fingerprint density at radius 1 is 1.48 bits per heavy atom. The van der Waals surface area contributed by atoms with Crippen LogP contribution in [0, 0.1) is 0 Å². The maximum absolute atomic E-state index is 10.9. The lowest BCUT2D eigenvalue weighted by Gasteiger charge is -2.23. The van der Waals surface area contributed by atoms with Gasteiger partial charge in [0.1, 0.15) is 6.10 Å². The molecule has 1 fully saturated rings. The summed E-state index contributed by atoms with van der Waals surface area (Å²) in [5.41, 5.74) is 0.967. The summed E-state index contributed by atoms with van der Waals surface area (Å²) in [4.78, 5) is 17.7. The number of nitrogens with one attached hydrogen (secondary N) is 1. The number of likely N-dealkylation sites (tertiary alicyclic amines) is 1. The Balaban J connectivity index is 1.89. The summed E-state index contributed by atoms with van der Waals surface area (Å²) in [6.45, 7) is 9.08. The Hall–Kier alpha value is -1.88. The minimum atomic E-state index is -0.0413. The Kier molecular flexibility index (Phi) is 7.07. The molecule has 1 saturated heterocycles. The van der Waals surface area contributed by atoms with Gasteiger partial charge in [0.25, 0.3) is 0 Å². The first kappa shape index (κ1) is 17.5. The molecule has 1 aromatic heterocycles. The quantitative estimate of drug-likeness (QED) is 0.711. The first-order valence-corrected chi connectivity index (χ1v) is 8.36. The van der Waals surface area contributed by atoms with Crippen LogP contribution in [0.1, 0.15) is 38.2 Å². The SMILES string of the molecule is C=CCC[C@H](CN1CCCC1)Oc1ccc(CNC(C)=O)cn1. The number of amides is 1. The van der Waals surface area contributed by atoms with E-state index in [1.165, 1.54) is 19.8 Å². The molecule has 1 aliphatic heterocycles. The molecule has 0 saturated carbocycles. The second-order valence-electron chi connectivity index (χ2n) is 6.03. The van der Waals surface area contributed by atoms with E-state index in [0.717, 1.165) is 38.0 Å². The molecule has 0 spiro atoms. The smallest absolute Gasteiger partial charge is 0.217 e. The summed E-state index contributed by atoms with van der Waals surface area (Å²) in [6.07, 6.45) is 8.29. The number of carbonyl (C=O) groups excluding carboxylic acids is 1. The molecule has 23 heavy (non-hydrogen) atoms. The number of nitrogens with zero attached hydrogens (tertiary/aromatic N) is 2. The molecule has 0 unspecified atom stereocenters. The zero-order valence-corrected chi connectivity index (χ0v) is 14.0. The van der Waals surface area contributed by atoms with E-state index >= 15 is 0 Å². The third-order valence-electron chi connectivity index (χ3n) is 3.98. The van der Waals surface area contributed by atoms with E-state index < -0.39 is 0 Å². The topological polar surface area (TPSA) is 54.5 Å². The molecular formula is C18H27N3O2. The number of pyridine rings is 1. The fourth-order valence-electron chi connectivity index (χ4n) is 2.73. The molecule has 0 bridgehead atoms. The Labute approximate surface area is 138 Å². The molecule has 1 aromatic rings. The van der Waals surface area contributed by atoms with Gasteiger partial charge in [-0.2, -0.15) is 0 Å². The van der Waals surface area contributed by atoms with Crippen LogP contribution >= 0.6 is 0 Å². The summed E-state index contributed by atoms with van der Waals surface area (Å²) in [7, 11) is 0. The molecule has 126 valence electrons. The van der Waals surface area contributed by atoms with Crippen LogP contribution in [0.4, 0.5) is 0 Å². The molecule has 5 heteroatoms. The van der Waals surface area contributed by atoms with Gasteiger partial charge >= 0.3 is 0 Å². The van der Waals surface area contributed by atoms with Crippen molar-refractivity contribution in [3.63, 3.8) is 0 Å². The van der Waals surface area contributed by atoms with Gasteiger partial charge in [-0.25, -0.2) is 4.98 Å². The summed E-state index contributed by atoms with van der Waals surface area (Å²) >= 11 is 0. The van der Waals surface area contributed by atoms with E-state index in [1.807, 2.05) is 18.2 Å². The van der Waals surface area contributed by atoms with Gasteiger partial charge in [0.05, 0.1) is 0 Å². The maximum atomic E-state index is 10.9. The van der Waals surface area contributed by atoms with Crippen LogP contribution in [-0.2, 0) is 11.3 Å². The average Bonchev–Trinajstić information content (AvgIpc) is 3.05. The number of rotatable bonds is 9. The van der Waals surface area contributed by atoms with Crippen molar-refractivity contribution in [2.45, 2.75) is 45.3 Å². The van der Waals surface area contributed by atoms with Crippen molar-refractivity contribution in [3.05, 3.63) is 36.5 Å². The molecule has 1 atom stereocenters. The lowest BCUT2D eigenvalue weighted by molar-refractivity contribution is -0.119. The zero-order chi connectivity index (χ0) is 16.5. The molecule has 5 nitrogen and oxygen atoms in total. The summed E-state index contributed by atoms with van der Waals surface area (Å²) in [6, 6.07) is 3.82. The van der Waals surface area contributed by atoms with Gasteiger partial charge < -0.3 is 10.1 Å². The molecule has 1 amide bonds. The van der Waals surface area contributed by atoms with Crippen LogP contribution < -0.4 is 10.1 Å². The summed E-state index contributed by atoms with van der Waals surface area (Å²) in [5, 5.41) is 2.76. The van der Waals surface area contributed by atoms with Crippen LogP contribution in [0.3, 0.4) is 0 Å². The van der Waals surface area contributed by atoms with Gasteiger partial charge in [0, 0.05) is 32.3 Å². The van der Waals surface area contributed by atoms with Crippen molar-refractivity contribution in [1.82, 2.24) is 15.2 Å². The number of aromatic nitrogens is 1. The number of hydrogen-bond donors (Lipinski definition) is 1. The molecule has 0 radical (unpaired) electrons. The predicted molar refractivity (Wildman–Crippen MR) is 91.3 cm³/mol. The van der Waals surface area contributed by atoms with Gasteiger partial charge in [-0.3, -0.25) is 9.69 Å². The molecule has 1 aliphatic rings. The first-order valence-electron chi connectivity index (χ1n) is 8.36. The second-order valence-corrected chi connectivity index (χ2v) is 6.03. The lowest BCUT2D eigenvalue weighted by atomic mass is 10.2.